The summed E-state index contributed by atoms with van der Waals surface area (Å²) in [6, 6.07) is 5.33. The predicted octanol–water partition coefficient (Wildman–Crippen LogP) is 4.57. The molecule has 3 atom stereocenters. The lowest BCUT2D eigenvalue weighted by Crippen LogP contribution is -2.55. The van der Waals surface area contributed by atoms with E-state index in [1.165, 1.54) is 12.1 Å². The number of hydrogen-bond acceptors (Lipinski definition) is 8. The second-order valence-corrected chi connectivity index (χ2v) is 11.5. The maximum absolute atomic E-state index is 15.2. The number of piperidine rings is 1. The Morgan fingerprint density at radius 3 is 2.55 bits per heavy atom. The van der Waals surface area contributed by atoms with Crippen LogP contribution in [0.3, 0.4) is 0 Å². The van der Waals surface area contributed by atoms with Crippen LogP contribution in [0.15, 0.2) is 47.6 Å². The Morgan fingerprint density at radius 2 is 1.89 bits per heavy atom. The molecule has 15 heteroatoms. The van der Waals surface area contributed by atoms with Gasteiger partial charge in [-0.25, -0.2) is 22.2 Å². The van der Waals surface area contributed by atoms with E-state index in [2.05, 4.69) is 14.1 Å². The van der Waals surface area contributed by atoms with Crippen molar-refractivity contribution in [1.29, 1.82) is 0 Å². The first-order chi connectivity index (χ1) is 17.9. The van der Waals surface area contributed by atoms with Crippen LogP contribution in [0.25, 0.3) is 0 Å². The van der Waals surface area contributed by atoms with Crippen molar-refractivity contribution in [3.8, 4) is 5.75 Å². The molecule has 0 unspecified atom stereocenters. The van der Waals surface area contributed by atoms with Crippen molar-refractivity contribution in [2.24, 2.45) is 0 Å². The minimum Gasteiger partial charge on any atom is -0.493 e. The van der Waals surface area contributed by atoms with E-state index < -0.39 is 63.3 Å². The molecule has 38 heavy (non-hydrogen) atoms. The van der Waals surface area contributed by atoms with Crippen molar-refractivity contribution < 1.29 is 40.2 Å². The lowest BCUT2D eigenvalue weighted by molar-refractivity contribution is -0.280. The van der Waals surface area contributed by atoms with Gasteiger partial charge in [0.2, 0.25) is 5.13 Å². The van der Waals surface area contributed by atoms with E-state index in [0.29, 0.717) is 5.56 Å². The summed E-state index contributed by atoms with van der Waals surface area (Å²) in [5.74, 6) is -1.59. The van der Waals surface area contributed by atoms with Crippen molar-refractivity contribution in [2.75, 3.05) is 17.9 Å². The van der Waals surface area contributed by atoms with Gasteiger partial charge < -0.3 is 9.84 Å². The molecule has 0 spiro atoms. The smallest absolute Gasteiger partial charge is 0.417 e. The van der Waals surface area contributed by atoms with E-state index >= 15 is 4.39 Å². The van der Waals surface area contributed by atoms with Crippen LogP contribution in [-0.4, -0.2) is 52.7 Å². The van der Waals surface area contributed by atoms with Crippen molar-refractivity contribution in [3.05, 3.63) is 65.5 Å². The molecule has 2 aliphatic heterocycles. The molecule has 2 aliphatic rings. The number of sulfonamides is 1. The number of aliphatic hydroxyl groups is 1. The second kappa shape index (κ2) is 9.70. The molecule has 1 aromatic heterocycles. The van der Waals surface area contributed by atoms with Gasteiger partial charge in [0, 0.05) is 54.6 Å². The summed E-state index contributed by atoms with van der Waals surface area (Å²) < 4.78 is 107. The number of anilines is 1. The summed E-state index contributed by atoms with van der Waals surface area (Å²) in [5.41, 5.74) is -2.35. The number of alkyl halides is 3. The zero-order chi connectivity index (χ0) is 27.3. The average molecular weight is 577 g/mol. The fourth-order valence-corrected chi connectivity index (χ4v) is 6.68. The maximum atomic E-state index is 15.2. The van der Waals surface area contributed by atoms with Gasteiger partial charge in [0.25, 0.3) is 10.0 Å². The van der Waals surface area contributed by atoms with Crippen LogP contribution in [0.4, 0.5) is 27.1 Å². The molecule has 0 radical (unpaired) electrons. The van der Waals surface area contributed by atoms with E-state index in [9.17, 15) is 31.1 Å². The number of ether oxygens (including phenoxy) is 1. The minimum atomic E-state index is -4.89. The SMILES string of the molecule is O=S(=O)(Nc1ncns1)c1cc2c(cc1F)[C@H](N1CC[C@@](O)(C(F)(F)F)C[C@H]1c1ccc(F)cc1)CCO2. The van der Waals surface area contributed by atoms with Crippen molar-refractivity contribution in [2.45, 2.75) is 48.0 Å². The van der Waals surface area contributed by atoms with Gasteiger partial charge in [0.15, 0.2) is 5.60 Å². The summed E-state index contributed by atoms with van der Waals surface area (Å²) >= 11 is 0.763. The van der Waals surface area contributed by atoms with Crippen LogP contribution < -0.4 is 9.46 Å². The third kappa shape index (κ3) is 4.95. The summed E-state index contributed by atoms with van der Waals surface area (Å²) in [5, 5.41) is 10.4. The Balaban J connectivity index is 1.52. The number of fused-ring (bicyclic) bond motifs is 1. The van der Waals surface area contributed by atoms with Gasteiger partial charge in [-0.1, -0.05) is 12.1 Å². The Labute approximate surface area is 218 Å². The van der Waals surface area contributed by atoms with Gasteiger partial charge in [-0.15, -0.1) is 0 Å². The molecule has 2 N–H and O–H groups in total. The van der Waals surface area contributed by atoms with E-state index in [-0.39, 0.29) is 36.0 Å². The zero-order valence-corrected chi connectivity index (χ0v) is 21.1. The second-order valence-electron chi connectivity index (χ2n) is 9.11. The Bertz CT molecular complexity index is 1420. The molecule has 0 aliphatic carbocycles. The largest absolute Gasteiger partial charge is 0.493 e. The lowest BCUT2D eigenvalue weighted by atomic mass is 9.81. The van der Waals surface area contributed by atoms with E-state index in [1.54, 1.807) is 4.90 Å². The van der Waals surface area contributed by atoms with Crippen LogP contribution in [-0.2, 0) is 10.0 Å². The molecule has 2 aromatic carbocycles. The number of hydrogen-bond donors (Lipinski definition) is 2. The molecule has 3 heterocycles. The fraction of sp³-hybridized carbons (Fsp3) is 0.391. The van der Waals surface area contributed by atoms with E-state index in [0.717, 1.165) is 42.1 Å². The minimum absolute atomic E-state index is 0.0616. The van der Waals surface area contributed by atoms with Gasteiger partial charge in [0.05, 0.1) is 6.61 Å². The average Bonchev–Trinajstić information content (AvgIpc) is 3.35. The molecule has 3 aromatic rings. The topological polar surface area (TPSA) is 105 Å². The Kier molecular flexibility index (Phi) is 6.82. The molecular formula is C23H21F5N4O4S2. The molecule has 1 saturated heterocycles. The van der Waals surface area contributed by atoms with Gasteiger partial charge in [-0.3, -0.25) is 9.62 Å². The predicted molar refractivity (Wildman–Crippen MR) is 126 cm³/mol. The van der Waals surface area contributed by atoms with E-state index in [4.69, 9.17) is 4.74 Å². The van der Waals surface area contributed by atoms with Gasteiger partial charge in [-0.05, 0) is 30.2 Å². The molecule has 0 saturated carbocycles. The third-order valence-electron chi connectivity index (χ3n) is 6.84. The number of nitrogens with one attached hydrogen (secondary N) is 1. The van der Waals surface area contributed by atoms with Crippen molar-refractivity contribution in [3.63, 3.8) is 0 Å². The highest BCUT2D eigenvalue weighted by molar-refractivity contribution is 7.93. The summed E-state index contributed by atoms with van der Waals surface area (Å²) in [6.07, 6.45) is -4.82. The van der Waals surface area contributed by atoms with Crippen LogP contribution in [0.1, 0.15) is 42.5 Å². The highest BCUT2D eigenvalue weighted by Gasteiger charge is 2.57. The number of aromatic nitrogens is 2. The Morgan fingerprint density at radius 1 is 1.16 bits per heavy atom. The maximum Gasteiger partial charge on any atom is 0.417 e. The molecule has 5 rings (SSSR count). The number of likely N-dealkylation sites (tertiary alicyclic amines) is 1. The van der Waals surface area contributed by atoms with Crippen molar-refractivity contribution in [1.82, 2.24) is 14.3 Å². The van der Waals surface area contributed by atoms with Gasteiger partial charge >= 0.3 is 6.18 Å². The summed E-state index contributed by atoms with van der Waals surface area (Å²) in [6.45, 7) is -0.120. The monoisotopic (exact) mass is 576 g/mol. The molecule has 1 fully saturated rings. The molecule has 0 amide bonds. The molecule has 8 nitrogen and oxygen atoms in total. The first-order valence-electron chi connectivity index (χ1n) is 11.4. The normalized spacial score (nSPS) is 24.5. The summed E-state index contributed by atoms with van der Waals surface area (Å²) in [7, 11) is -4.38. The van der Waals surface area contributed by atoms with Crippen LogP contribution in [0.5, 0.6) is 5.75 Å². The standard InChI is InChI=1S/C23H21F5N4O4S2/c24-14-3-1-13(2-4-14)18-11-22(33,23(26,27)28)6-7-32(18)17-5-8-36-19-10-20(16(25)9-15(17)19)38(34,35)31-21-29-12-30-37-21/h1-4,9-10,12,17-18,33H,5-8,11H2,(H,29,30,31)/t17-,18+,22+/m1/s1. The highest BCUT2D eigenvalue weighted by Crippen LogP contribution is 2.50. The number of rotatable bonds is 5. The fourth-order valence-electron chi connectivity index (χ4n) is 4.94. The number of benzene rings is 2. The molecule has 204 valence electrons. The van der Waals surface area contributed by atoms with E-state index in [1.807, 2.05) is 0 Å². The van der Waals surface area contributed by atoms with Crippen LogP contribution >= 0.6 is 11.5 Å². The molecular weight excluding hydrogens is 555 g/mol. The molecule has 0 bridgehead atoms. The first-order valence-corrected chi connectivity index (χ1v) is 13.7. The third-order valence-corrected chi connectivity index (χ3v) is 8.91. The van der Waals surface area contributed by atoms with Gasteiger partial charge in [-0.2, -0.15) is 17.5 Å². The first kappa shape index (κ1) is 26.7. The number of halogens is 5. The summed E-state index contributed by atoms with van der Waals surface area (Å²) in [4.78, 5) is 4.73. The quantitative estimate of drug-likeness (QED) is 0.429. The highest BCUT2D eigenvalue weighted by atomic mass is 32.2. The number of nitrogens with zero attached hydrogens (tertiary/aromatic N) is 3. The lowest BCUT2D eigenvalue weighted by Gasteiger charge is -2.48. The zero-order valence-electron chi connectivity index (χ0n) is 19.5. The van der Waals surface area contributed by atoms with Crippen LogP contribution in [0.2, 0.25) is 0 Å². The van der Waals surface area contributed by atoms with Crippen molar-refractivity contribution >= 4 is 26.7 Å². The van der Waals surface area contributed by atoms with Gasteiger partial charge in [0.1, 0.15) is 28.6 Å². The Hall–Kier alpha value is -2.88. The van der Waals surface area contributed by atoms with Crippen LogP contribution in [0, 0.1) is 11.6 Å².